The maximum atomic E-state index is 13.5. The van der Waals surface area contributed by atoms with Crippen molar-refractivity contribution in [3.8, 4) is 5.75 Å². The first-order chi connectivity index (χ1) is 7.22. The Labute approximate surface area is 91.8 Å². The molecule has 1 aliphatic rings. The van der Waals surface area contributed by atoms with Gasteiger partial charge in [0.1, 0.15) is 6.61 Å². The van der Waals surface area contributed by atoms with Crippen LogP contribution < -0.4 is 10.1 Å². The van der Waals surface area contributed by atoms with E-state index in [9.17, 15) is 4.39 Å². The van der Waals surface area contributed by atoms with Crippen LogP contribution in [0.3, 0.4) is 0 Å². The third-order valence-electron chi connectivity index (χ3n) is 2.33. The number of aliphatic hydroxyl groups excluding tert-OH is 1. The fourth-order valence-electron chi connectivity index (χ4n) is 1.65. The van der Waals surface area contributed by atoms with Crippen molar-refractivity contribution in [2.75, 3.05) is 19.8 Å². The second-order valence-electron chi connectivity index (χ2n) is 3.34. The molecule has 3 nitrogen and oxygen atoms in total. The topological polar surface area (TPSA) is 41.5 Å². The molecule has 0 aromatic heterocycles. The van der Waals surface area contributed by atoms with Crippen LogP contribution in [0.2, 0.25) is 5.02 Å². The molecule has 0 amide bonds. The molecule has 15 heavy (non-hydrogen) atoms. The summed E-state index contributed by atoms with van der Waals surface area (Å²) in [5.74, 6) is -0.303. The zero-order valence-electron chi connectivity index (χ0n) is 7.96. The van der Waals surface area contributed by atoms with Gasteiger partial charge in [0.15, 0.2) is 11.6 Å². The van der Waals surface area contributed by atoms with Gasteiger partial charge in [0.25, 0.3) is 0 Å². The third kappa shape index (κ3) is 2.07. The molecule has 2 rings (SSSR count). The van der Waals surface area contributed by atoms with Crippen LogP contribution in [0.1, 0.15) is 11.6 Å². The number of fused-ring (bicyclic) bond motifs is 1. The maximum absolute atomic E-state index is 13.5. The molecular weight excluding hydrogens is 221 g/mol. The molecule has 0 saturated heterocycles. The van der Waals surface area contributed by atoms with Gasteiger partial charge in [-0.25, -0.2) is 4.39 Å². The van der Waals surface area contributed by atoms with Crippen LogP contribution in [0.25, 0.3) is 0 Å². The largest absolute Gasteiger partial charge is 0.489 e. The molecule has 0 radical (unpaired) electrons. The van der Waals surface area contributed by atoms with Crippen molar-refractivity contribution in [3.63, 3.8) is 0 Å². The fourth-order valence-corrected chi connectivity index (χ4v) is 1.86. The summed E-state index contributed by atoms with van der Waals surface area (Å²) in [6.07, 6.45) is 0. The average molecular weight is 232 g/mol. The second-order valence-corrected chi connectivity index (χ2v) is 3.78. The van der Waals surface area contributed by atoms with Crippen LogP contribution in [-0.4, -0.2) is 24.9 Å². The highest BCUT2D eigenvalue weighted by molar-refractivity contribution is 6.30. The normalized spacial score (nSPS) is 20.3. The van der Waals surface area contributed by atoms with Gasteiger partial charge in [-0.2, -0.15) is 0 Å². The first kappa shape index (κ1) is 10.7. The second kappa shape index (κ2) is 4.35. The monoisotopic (exact) mass is 231 g/mol. The maximum Gasteiger partial charge on any atom is 0.166 e. The standard InChI is InChI=1S/C10H11ClFNO2/c11-6-3-7-9(5-14)13-1-2-15-10(7)8(12)4-6/h3-4,9,13-14H,1-2,5H2. The summed E-state index contributed by atoms with van der Waals surface area (Å²) in [5, 5.41) is 12.5. The Morgan fingerprint density at radius 2 is 2.40 bits per heavy atom. The van der Waals surface area contributed by atoms with Crippen LogP contribution in [0.5, 0.6) is 5.75 Å². The average Bonchev–Trinajstić information content (AvgIpc) is 2.39. The molecule has 1 atom stereocenters. The Morgan fingerprint density at radius 1 is 1.60 bits per heavy atom. The molecule has 0 bridgehead atoms. The van der Waals surface area contributed by atoms with Crippen molar-refractivity contribution in [3.05, 3.63) is 28.5 Å². The molecule has 5 heteroatoms. The Hall–Kier alpha value is -0.840. The summed E-state index contributed by atoms with van der Waals surface area (Å²) in [7, 11) is 0. The Balaban J connectivity index is 2.50. The number of ether oxygens (including phenoxy) is 1. The van der Waals surface area contributed by atoms with Gasteiger partial charge in [0, 0.05) is 17.1 Å². The van der Waals surface area contributed by atoms with Crippen molar-refractivity contribution in [1.82, 2.24) is 5.32 Å². The summed E-state index contributed by atoms with van der Waals surface area (Å²) in [5.41, 5.74) is 0.569. The number of rotatable bonds is 1. The molecular formula is C10H11ClFNO2. The molecule has 0 saturated carbocycles. The number of hydrogen-bond donors (Lipinski definition) is 2. The lowest BCUT2D eigenvalue weighted by Gasteiger charge is -2.15. The van der Waals surface area contributed by atoms with Crippen molar-refractivity contribution in [2.24, 2.45) is 0 Å². The summed E-state index contributed by atoms with van der Waals surface area (Å²) in [6.45, 7) is 0.829. The molecule has 1 aromatic carbocycles. The zero-order chi connectivity index (χ0) is 10.8. The van der Waals surface area contributed by atoms with E-state index in [1.54, 1.807) is 6.07 Å². The Bertz CT molecular complexity index is 373. The van der Waals surface area contributed by atoms with Crippen LogP contribution in [0.15, 0.2) is 12.1 Å². The summed E-state index contributed by atoms with van der Waals surface area (Å²) >= 11 is 5.75. The van der Waals surface area contributed by atoms with Gasteiger partial charge in [-0.05, 0) is 12.1 Å². The number of halogens is 2. The van der Waals surface area contributed by atoms with E-state index in [1.807, 2.05) is 0 Å². The van der Waals surface area contributed by atoms with Crippen molar-refractivity contribution in [1.29, 1.82) is 0 Å². The third-order valence-corrected chi connectivity index (χ3v) is 2.55. The minimum atomic E-state index is -0.486. The number of hydrogen-bond acceptors (Lipinski definition) is 3. The highest BCUT2D eigenvalue weighted by Gasteiger charge is 2.22. The van der Waals surface area contributed by atoms with Crippen LogP contribution in [0, 0.1) is 5.82 Å². The predicted molar refractivity (Wildman–Crippen MR) is 54.7 cm³/mol. The lowest BCUT2D eigenvalue weighted by molar-refractivity contribution is 0.245. The molecule has 1 heterocycles. The Morgan fingerprint density at radius 3 is 3.13 bits per heavy atom. The van der Waals surface area contributed by atoms with Gasteiger partial charge < -0.3 is 15.2 Å². The quantitative estimate of drug-likeness (QED) is 0.770. The highest BCUT2D eigenvalue weighted by atomic mass is 35.5. The summed E-state index contributed by atoms with van der Waals surface area (Å²) in [6, 6.07) is 2.50. The molecule has 0 fully saturated rings. The molecule has 1 aliphatic heterocycles. The number of aliphatic hydroxyl groups is 1. The zero-order valence-corrected chi connectivity index (χ0v) is 8.72. The molecule has 0 aliphatic carbocycles. The molecule has 1 aromatic rings. The van der Waals surface area contributed by atoms with Gasteiger partial charge in [-0.3, -0.25) is 0 Å². The predicted octanol–water partition coefficient (Wildman–Crippen LogP) is 1.49. The van der Waals surface area contributed by atoms with Gasteiger partial charge in [0.05, 0.1) is 12.6 Å². The van der Waals surface area contributed by atoms with Gasteiger partial charge in [-0.1, -0.05) is 11.6 Å². The SMILES string of the molecule is OCC1NCCOc2c(F)cc(Cl)cc21. The van der Waals surface area contributed by atoms with Crippen LogP contribution in [0.4, 0.5) is 4.39 Å². The van der Waals surface area contributed by atoms with E-state index in [0.717, 1.165) is 0 Å². The molecule has 2 N–H and O–H groups in total. The first-order valence-electron chi connectivity index (χ1n) is 4.68. The number of benzene rings is 1. The summed E-state index contributed by atoms with van der Waals surface area (Å²) < 4.78 is 18.8. The summed E-state index contributed by atoms with van der Waals surface area (Å²) in [4.78, 5) is 0. The lowest BCUT2D eigenvalue weighted by Crippen LogP contribution is -2.25. The van der Waals surface area contributed by atoms with E-state index < -0.39 is 5.82 Å². The first-order valence-corrected chi connectivity index (χ1v) is 5.06. The molecule has 82 valence electrons. The van der Waals surface area contributed by atoms with E-state index >= 15 is 0 Å². The van der Waals surface area contributed by atoms with E-state index in [4.69, 9.17) is 21.4 Å². The van der Waals surface area contributed by atoms with Crippen LogP contribution in [-0.2, 0) is 0 Å². The molecule has 1 unspecified atom stereocenters. The van der Waals surface area contributed by atoms with Gasteiger partial charge >= 0.3 is 0 Å². The lowest BCUT2D eigenvalue weighted by atomic mass is 10.1. The minimum absolute atomic E-state index is 0.115. The fraction of sp³-hybridized carbons (Fsp3) is 0.400. The van der Waals surface area contributed by atoms with E-state index in [2.05, 4.69) is 5.32 Å². The number of nitrogens with one attached hydrogen (secondary N) is 1. The van der Waals surface area contributed by atoms with E-state index in [-0.39, 0.29) is 18.4 Å². The highest BCUT2D eigenvalue weighted by Crippen LogP contribution is 2.32. The molecule has 0 spiro atoms. The van der Waals surface area contributed by atoms with Crippen LogP contribution >= 0.6 is 11.6 Å². The van der Waals surface area contributed by atoms with Crippen molar-refractivity contribution >= 4 is 11.6 Å². The van der Waals surface area contributed by atoms with E-state index in [1.165, 1.54) is 6.07 Å². The van der Waals surface area contributed by atoms with Crippen molar-refractivity contribution < 1.29 is 14.2 Å². The van der Waals surface area contributed by atoms with Crippen molar-refractivity contribution in [2.45, 2.75) is 6.04 Å². The van der Waals surface area contributed by atoms with Gasteiger partial charge in [0.2, 0.25) is 0 Å². The van der Waals surface area contributed by atoms with Gasteiger partial charge in [-0.15, -0.1) is 0 Å². The minimum Gasteiger partial charge on any atom is -0.489 e. The smallest absolute Gasteiger partial charge is 0.166 e. The Kier molecular flexibility index (Phi) is 3.09. The van der Waals surface area contributed by atoms with E-state index in [0.29, 0.717) is 23.7 Å².